The fourth-order valence-corrected chi connectivity index (χ4v) is 2.24. The predicted octanol–water partition coefficient (Wildman–Crippen LogP) is 0.458. The second-order valence-electron chi connectivity index (χ2n) is 5.30. The van der Waals surface area contributed by atoms with Gasteiger partial charge in [-0.2, -0.15) is 5.10 Å². The molecule has 1 aliphatic rings. The molecule has 1 unspecified atom stereocenters. The van der Waals surface area contributed by atoms with Gasteiger partial charge in [-0.15, -0.1) is 0 Å². The molecule has 1 atom stereocenters. The summed E-state index contributed by atoms with van der Waals surface area (Å²) in [5.41, 5.74) is 7.63. The third kappa shape index (κ3) is 2.66. The van der Waals surface area contributed by atoms with Crippen molar-refractivity contribution < 1.29 is 4.79 Å². The van der Waals surface area contributed by atoms with E-state index in [1.165, 1.54) is 0 Å². The molecule has 1 fully saturated rings. The molecule has 94 valence electrons. The Labute approximate surface area is 101 Å². The molecule has 1 aromatic rings. The zero-order valence-corrected chi connectivity index (χ0v) is 10.5. The van der Waals surface area contributed by atoms with Gasteiger partial charge in [0.1, 0.15) is 0 Å². The molecule has 1 aliphatic heterocycles. The van der Waals surface area contributed by atoms with Crippen LogP contribution < -0.4 is 5.73 Å². The first-order valence-electron chi connectivity index (χ1n) is 6.01. The van der Waals surface area contributed by atoms with E-state index in [1.54, 1.807) is 0 Å². The molecule has 5 nitrogen and oxygen atoms in total. The second kappa shape index (κ2) is 4.49. The Bertz CT molecular complexity index is 414. The summed E-state index contributed by atoms with van der Waals surface area (Å²) < 4.78 is 0. The zero-order valence-electron chi connectivity index (χ0n) is 10.5. The van der Waals surface area contributed by atoms with Gasteiger partial charge in [0.2, 0.25) is 5.91 Å². The maximum Gasteiger partial charge on any atom is 0.228 e. The van der Waals surface area contributed by atoms with E-state index in [2.05, 4.69) is 17.1 Å². The van der Waals surface area contributed by atoms with E-state index in [-0.39, 0.29) is 11.3 Å². The van der Waals surface area contributed by atoms with Crippen LogP contribution in [0.2, 0.25) is 0 Å². The minimum atomic E-state index is 0.0944. The maximum atomic E-state index is 12.1. The first-order chi connectivity index (χ1) is 8.02. The number of aromatic nitrogens is 2. The molecule has 2 rings (SSSR count). The van der Waals surface area contributed by atoms with Crippen LogP contribution in [0.5, 0.6) is 0 Å². The van der Waals surface area contributed by atoms with Gasteiger partial charge < -0.3 is 10.6 Å². The summed E-state index contributed by atoms with van der Waals surface area (Å²) in [5.74, 6) is 0.147. The Hall–Kier alpha value is -1.36. The Balaban J connectivity index is 1.94. The van der Waals surface area contributed by atoms with E-state index < -0.39 is 0 Å². The van der Waals surface area contributed by atoms with Gasteiger partial charge in [0.25, 0.3) is 0 Å². The van der Waals surface area contributed by atoms with Crippen LogP contribution in [0.4, 0.5) is 0 Å². The van der Waals surface area contributed by atoms with E-state index >= 15 is 0 Å². The van der Waals surface area contributed by atoms with Gasteiger partial charge in [0.15, 0.2) is 0 Å². The highest BCUT2D eigenvalue weighted by molar-refractivity contribution is 5.78. The number of rotatable bonds is 3. The van der Waals surface area contributed by atoms with Crippen LogP contribution in [0.3, 0.4) is 0 Å². The molecule has 0 spiro atoms. The van der Waals surface area contributed by atoms with Crippen molar-refractivity contribution in [2.24, 2.45) is 11.1 Å². The lowest BCUT2D eigenvalue weighted by atomic mass is 9.90. The van der Waals surface area contributed by atoms with Crippen LogP contribution >= 0.6 is 0 Å². The first kappa shape index (κ1) is 12.1. The van der Waals surface area contributed by atoms with Crippen molar-refractivity contribution in [3.8, 4) is 0 Å². The van der Waals surface area contributed by atoms with Gasteiger partial charge in [-0.05, 0) is 31.4 Å². The van der Waals surface area contributed by atoms with Crippen molar-refractivity contribution in [1.82, 2.24) is 15.1 Å². The molecule has 3 N–H and O–H groups in total. The third-order valence-electron chi connectivity index (χ3n) is 3.49. The van der Waals surface area contributed by atoms with Crippen LogP contribution in [0.15, 0.2) is 6.07 Å². The number of likely N-dealkylation sites (tertiary alicyclic amines) is 1. The van der Waals surface area contributed by atoms with E-state index in [0.717, 1.165) is 30.9 Å². The quantitative estimate of drug-likeness (QED) is 0.800. The summed E-state index contributed by atoms with van der Waals surface area (Å²) in [5, 5.41) is 6.94. The van der Waals surface area contributed by atoms with E-state index in [4.69, 9.17) is 5.73 Å². The van der Waals surface area contributed by atoms with Crippen LogP contribution in [-0.4, -0.2) is 40.6 Å². The number of aromatic amines is 1. The molecule has 1 aromatic heterocycles. The van der Waals surface area contributed by atoms with Crippen LogP contribution in [0, 0.1) is 12.3 Å². The standard InChI is InChI=1S/C12H20N4O/c1-9-5-10(15-14-9)6-11(17)16-4-3-12(2,7-13)8-16/h5H,3-4,6-8,13H2,1-2H3,(H,14,15). The van der Waals surface area contributed by atoms with Gasteiger partial charge >= 0.3 is 0 Å². The molecule has 0 bridgehead atoms. The number of H-pyrrole nitrogens is 1. The van der Waals surface area contributed by atoms with Crippen molar-refractivity contribution >= 4 is 5.91 Å². The summed E-state index contributed by atoms with van der Waals surface area (Å²) in [6.07, 6.45) is 1.37. The van der Waals surface area contributed by atoms with Crippen LogP contribution in [0.25, 0.3) is 0 Å². The summed E-state index contributed by atoms with van der Waals surface area (Å²) in [7, 11) is 0. The van der Waals surface area contributed by atoms with Crippen molar-refractivity contribution in [2.45, 2.75) is 26.7 Å². The highest BCUT2D eigenvalue weighted by Crippen LogP contribution is 2.28. The molecule has 1 saturated heterocycles. The zero-order chi connectivity index (χ0) is 12.5. The monoisotopic (exact) mass is 236 g/mol. The topological polar surface area (TPSA) is 75.0 Å². The highest BCUT2D eigenvalue weighted by Gasteiger charge is 2.34. The Morgan fingerprint density at radius 2 is 2.47 bits per heavy atom. The largest absolute Gasteiger partial charge is 0.342 e. The Kier molecular flexibility index (Phi) is 3.19. The number of aryl methyl sites for hydroxylation is 1. The third-order valence-corrected chi connectivity index (χ3v) is 3.49. The summed E-state index contributed by atoms with van der Waals surface area (Å²) in [6, 6.07) is 1.91. The summed E-state index contributed by atoms with van der Waals surface area (Å²) in [6.45, 7) is 6.29. The minimum Gasteiger partial charge on any atom is -0.342 e. The second-order valence-corrected chi connectivity index (χ2v) is 5.30. The van der Waals surface area contributed by atoms with Crippen molar-refractivity contribution in [3.05, 3.63) is 17.5 Å². The SMILES string of the molecule is Cc1cc(CC(=O)N2CCC(C)(CN)C2)n[nH]1. The summed E-state index contributed by atoms with van der Waals surface area (Å²) >= 11 is 0. The van der Waals surface area contributed by atoms with Gasteiger partial charge in [0, 0.05) is 18.8 Å². The molecule has 2 heterocycles. The lowest BCUT2D eigenvalue weighted by Crippen LogP contribution is -2.35. The van der Waals surface area contributed by atoms with Gasteiger partial charge in [-0.1, -0.05) is 6.92 Å². The summed E-state index contributed by atoms with van der Waals surface area (Å²) in [4.78, 5) is 14.0. The van der Waals surface area contributed by atoms with Gasteiger partial charge in [-0.3, -0.25) is 9.89 Å². The molecule has 0 aromatic carbocycles. The lowest BCUT2D eigenvalue weighted by Gasteiger charge is -2.22. The number of hydrogen-bond donors (Lipinski definition) is 2. The van der Waals surface area contributed by atoms with Crippen LogP contribution in [-0.2, 0) is 11.2 Å². The number of amides is 1. The fraction of sp³-hybridized carbons (Fsp3) is 0.667. The molecule has 1 amide bonds. The van der Waals surface area contributed by atoms with E-state index in [1.807, 2.05) is 17.9 Å². The molecular weight excluding hydrogens is 216 g/mol. The first-order valence-corrected chi connectivity index (χ1v) is 6.01. The number of hydrogen-bond acceptors (Lipinski definition) is 3. The Morgan fingerprint density at radius 1 is 1.71 bits per heavy atom. The number of carbonyl (C=O) groups excluding carboxylic acids is 1. The molecule has 17 heavy (non-hydrogen) atoms. The van der Waals surface area contributed by atoms with Crippen molar-refractivity contribution in [1.29, 1.82) is 0 Å². The molecule has 0 aliphatic carbocycles. The average Bonchev–Trinajstić information content (AvgIpc) is 2.86. The average molecular weight is 236 g/mol. The van der Waals surface area contributed by atoms with E-state index in [0.29, 0.717) is 13.0 Å². The predicted molar refractivity (Wildman–Crippen MR) is 65.4 cm³/mol. The van der Waals surface area contributed by atoms with Crippen molar-refractivity contribution in [3.63, 3.8) is 0 Å². The molecular formula is C12H20N4O. The van der Waals surface area contributed by atoms with Gasteiger partial charge in [0.05, 0.1) is 12.1 Å². The molecule has 5 heteroatoms. The van der Waals surface area contributed by atoms with Gasteiger partial charge in [-0.25, -0.2) is 0 Å². The lowest BCUT2D eigenvalue weighted by molar-refractivity contribution is -0.129. The fourth-order valence-electron chi connectivity index (χ4n) is 2.24. The number of carbonyl (C=O) groups is 1. The van der Waals surface area contributed by atoms with E-state index in [9.17, 15) is 4.79 Å². The van der Waals surface area contributed by atoms with Crippen LogP contribution in [0.1, 0.15) is 24.7 Å². The molecule has 0 radical (unpaired) electrons. The smallest absolute Gasteiger partial charge is 0.228 e. The highest BCUT2D eigenvalue weighted by atomic mass is 16.2. The normalized spacial score (nSPS) is 24.3. The minimum absolute atomic E-state index is 0.0944. The van der Waals surface area contributed by atoms with Crippen molar-refractivity contribution in [2.75, 3.05) is 19.6 Å². The number of nitrogens with zero attached hydrogens (tertiary/aromatic N) is 2. The molecule has 0 saturated carbocycles. The number of nitrogens with one attached hydrogen (secondary N) is 1. The number of nitrogens with two attached hydrogens (primary N) is 1. The Morgan fingerprint density at radius 3 is 3.00 bits per heavy atom. The maximum absolute atomic E-state index is 12.1.